The van der Waals surface area contributed by atoms with Crippen molar-refractivity contribution in [1.82, 2.24) is 0 Å². The Bertz CT molecular complexity index is 539. The van der Waals surface area contributed by atoms with Crippen LogP contribution in [0.2, 0.25) is 0 Å². The van der Waals surface area contributed by atoms with Crippen molar-refractivity contribution in [3.05, 3.63) is 65.7 Å². The first-order valence-electron chi connectivity index (χ1n) is 6.62. The fourth-order valence-corrected chi connectivity index (χ4v) is 1.81. The van der Waals surface area contributed by atoms with Gasteiger partial charge in [0.25, 0.3) is 0 Å². The number of benzene rings is 2. The predicted molar refractivity (Wildman–Crippen MR) is 82.9 cm³/mol. The van der Waals surface area contributed by atoms with Crippen molar-refractivity contribution < 1.29 is 0 Å². The summed E-state index contributed by atoms with van der Waals surface area (Å²) in [7, 11) is 0. The first kappa shape index (κ1) is 13.3. The van der Waals surface area contributed by atoms with Gasteiger partial charge in [-0.1, -0.05) is 48.0 Å². The first-order chi connectivity index (χ1) is 9.15. The van der Waals surface area contributed by atoms with Crippen molar-refractivity contribution in [3.63, 3.8) is 0 Å². The maximum atomic E-state index is 4.67. The van der Waals surface area contributed by atoms with Crippen molar-refractivity contribution in [3.8, 4) is 0 Å². The summed E-state index contributed by atoms with van der Waals surface area (Å²) in [5, 5.41) is 3.40. The fraction of sp³-hybridized carbons (Fsp3) is 0.235. The topological polar surface area (TPSA) is 24.4 Å². The normalized spacial score (nSPS) is 11.7. The number of aliphatic imine (C=N–C) groups is 1. The number of hydrogen-bond donors (Lipinski definition) is 1. The lowest BCUT2D eigenvalue weighted by molar-refractivity contribution is 0.836. The molecule has 0 saturated heterocycles. The van der Waals surface area contributed by atoms with Gasteiger partial charge in [-0.2, -0.15) is 0 Å². The van der Waals surface area contributed by atoms with Gasteiger partial charge in [0.05, 0.1) is 0 Å². The Morgan fingerprint density at radius 1 is 0.947 bits per heavy atom. The quantitative estimate of drug-likeness (QED) is 0.640. The smallest absolute Gasteiger partial charge is 0.132 e. The maximum Gasteiger partial charge on any atom is 0.132 e. The Balaban J connectivity index is 2.27. The molecule has 0 unspecified atom stereocenters. The van der Waals surface area contributed by atoms with Crippen LogP contribution < -0.4 is 5.32 Å². The van der Waals surface area contributed by atoms with E-state index in [2.05, 4.69) is 67.5 Å². The van der Waals surface area contributed by atoms with E-state index < -0.39 is 0 Å². The molecule has 98 valence electrons. The van der Waals surface area contributed by atoms with Crippen LogP contribution in [0.5, 0.6) is 0 Å². The largest absolute Gasteiger partial charge is 0.340 e. The maximum absolute atomic E-state index is 4.67. The highest BCUT2D eigenvalue weighted by Gasteiger charge is 2.04. The van der Waals surface area contributed by atoms with Crippen LogP contribution in [0.25, 0.3) is 0 Å². The fourth-order valence-electron chi connectivity index (χ4n) is 1.81. The van der Waals surface area contributed by atoms with Crippen LogP contribution in [0.3, 0.4) is 0 Å². The number of amidine groups is 1. The molecule has 0 atom stereocenters. The lowest BCUT2D eigenvalue weighted by Crippen LogP contribution is -2.15. The molecule has 0 amide bonds. The molecule has 0 aromatic heterocycles. The van der Waals surface area contributed by atoms with E-state index in [1.807, 2.05) is 18.2 Å². The van der Waals surface area contributed by atoms with E-state index >= 15 is 0 Å². The number of anilines is 1. The number of aryl methyl sites for hydroxylation is 1. The highest BCUT2D eigenvalue weighted by atomic mass is 15.0. The highest BCUT2D eigenvalue weighted by molar-refractivity contribution is 6.08. The first-order valence-corrected chi connectivity index (χ1v) is 6.62. The van der Waals surface area contributed by atoms with Crippen LogP contribution in [0.1, 0.15) is 25.0 Å². The predicted octanol–water partition coefficient (Wildman–Crippen LogP) is 4.26. The van der Waals surface area contributed by atoms with Crippen molar-refractivity contribution in [1.29, 1.82) is 0 Å². The molecule has 0 fully saturated rings. The van der Waals surface area contributed by atoms with Crippen LogP contribution in [-0.2, 0) is 0 Å². The average molecular weight is 252 g/mol. The molecular formula is C17H20N2. The summed E-state index contributed by atoms with van der Waals surface area (Å²) >= 11 is 0. The monoisotopic (exact) mass is 252 g/mol. The number of hydrogen-bond acceptors (Lipinski definition) is 1. The van der Waals surface area contributed by atoms with Gasteiger partial charge in [0.1, 0.15) is 5.84 Å². The van der Waals surface area contributed by atoms with E-state index in [-0.39, 0.29) is 6.04 Å². The third kappa shape index (κ3) is 3.95. The van der Waals surface area contributed by atoms with Crippen LogP contribution >= 0.6 is 0 Å². The minimum Gasteiger partial charge on any atom is -0.340 e. The summed E-state index contributed by atoms with van der Waals surface area (Å²) in [4.78, 5) is 4.67. The van der Waals surface area contributed by atoms with E-state index in [9.17, 15) is 0 Å². The summed E-state index contributed by atoms with van der Waals surface area (Å²) in [6.45, 7) is 6.25. The van der Waals surface area contributed by atoms with Gasteiger partial charge >= 0.3 is 0 Å². The summed E-state index contributed by atoms with van der Waals surface area (Å²) < 4.78 is 0. The van der Waals surface area contributed by atoms with Crippen molar-refractivity contribution in [2.75, 3.05) is 5.32 Å². The summed E-state index contributed by atoms with van der Waals surface area (Å²) in [6.07, 6.45) is 0. The van der Waals surface area contributed by atoms with Gasteiger partial charge in [-0.05, 0) is 32.9 Å². The SMILES string of the molecule is Cc1ccc(NC(=NC(C)C)c2ccccc2)cc1. The minimum absolute atomic E-state index is 0.258. The van der Waals surface area contributed by atoms with Crippen LogP contribution in [0.15, 0.2) is 59.6 Å². The molecule has 0 aliphatic carbocycles. The zero-order valence-corrected chi connectivity index (χ0v) is 11.7. The van der Waals surface area contributed by atoms with Gasteiger partial charge in [-0.3, -0.25) is 4.99 Å². The molecule has 2 aromatic rings. The highest BCUT2D eigenvalue weighted by Crippen LogP contribution is 2.12. The Morgan fingerprint density at radius 2 is 1.58 bits per heavy atom. The molecule has 0 aliphatic heterocycles. The summed E-state index contributed by atoms with van der Waals surface area (Å²) in [6, 6.07) is 18.8. The minimum atomic E-state index is 0.258. The second kappa shape index (κ2) is 6.19. The average Bonchev–Trinajstić information content (AvgIpc) is 2.41. The molecule has 19 heavy (non-hydrogen) atoms. The second-order valence-corrected chi connectivity index (χ2v) is 4.93. The Morgan fingerprint density at radius 3 is 2.16 bits per heavy atom. The molecular weight excluding hydrogens is 232 g/mol. The molecule has 0 bridgehead atoms. The van der Waals surface area contributed by atoms with Crippen LogP contribution in [0, 0.1) is 6.92 Å². The van der Waals surface area contributed by atoms with E-state index in [0.29, 0.717) is 0 Å². The van der Waals surface area contributed by atoms with Gasteiger partial charge in [-0.15, -0.1) is 0 Å². The molecule has 2 rings (SSSR count). The van der Waals surface area contributed by atoms with Crippen LogP contribution in [-0.4, -0.2) is 11.9 Å². The van der Waals surface area contributed by atoms with Gasteiger partial charge in [0.15, 0.2) is 0 Å². The molecule has 2 heteroatoms. The zero-order valence-electron chi connectivity index (χ0n) is 11.7. The van der Waals surface area contributed by atoms with Crippen molar-refractivity contribution >= 4 is 11.5 Å². The summed E-state index contributed by atoms with van der Waals surface area (Å²) in [5.74, 6) is 0.916. The van der Waals surface area contributed by atoms with E-state index in [1.165, 1.54) is 5.56 Å². The van der Waals surface area contributed by atoms with Gasteiger partial charge in [-0.25, -0.2) is 0 Å². The Hall–Kier alpha value is -2.09. The molecule has 1 N–H and O–H groups in total. The summed E-state index contributed by atoms with van der Waals surface area (Å²) in [5.41, 5.74) is 3.43. The zero-order chi connectivity index (χ0) is 13.7. The molecule has 2 aromatic carbocycles. The lowest BCUT2D eigenvalue weighted by atomic mass is 10.2. The van der Waals surface area contributed by atoms with Gasteiger partial charge in [0.2, 0.25) is 0 Å². The third-order valence-corrected chi connectivity index (χ3v) is 2.75. The third-order valence-electron chi connectivity index (χ3n) is 2.75. The molecule has 0 radical (unpaired) electrons. The Kier molecular flexibility index (Phi) is 4.35. The van der Waals surface area contributed by atoms with Crippen molar-refractivity contribution in [2.45, 2.75) is 26.8 Å². The second-order valence-electron chi connectivity index (χ2n) is 4.93. The van der Waals surface area contributed by atoms with Crippen LogP contribution in [0.4, 0.5) is 5.69 Å². The molecule has 0 aliphatic rings. The lowest BCUT2D eigenvalue weighted by Gasteiger charge is -2.12. The van der Waals surface area contributed by atoms with E-state index in [1.54, 1.807) is 0 Å². The number of nitrogens with one attached hydrogen (secondary N) is 1. The number of nitrogens with zero attached hydrogens (tertiary/aromatic N) is 1. The standard InChI is InChI=1S/C17H20N2/c1-13(2)18-17(15-7-5-4-6-8-15)19-16-11-9-14(3)10-12-16/h4-13H,1-3H3,(H,18,19). The molecule has 2 nitrogen and oxygen atoms in total. The number of rotatable bonds is 3. The van der Waals surface area contributed by atoms with E-state index in [0.717, 1.165) is 17.1 Å². The van der Waals surface area contributed by atoms with E-state index in [4.69, 9.17) is 0 Å². The molecule has 0 heterocycles. The van der Waals surface area contributed by atoms with Gasteiger partial charge < -0.3 is 5.32 Å². The molecule has 0 spiro atoms. The van der Waals surface area contributed by atoms with Gasteiger partial charge in [0, 0.05) is 17.3 Å². The Labute approximate surface area is 115 Å². The van der Waals surface area contributed by atoms with Crippen molar-refractivity contribution in [2.24, 2.45) is 4.99 Å². The molecule has 0 saturated carbocycles.